The molecule has 7 heteroatoms. The minimum absolute atomic E-state index is 0.136. The zero-order valence-corrected chi connectivity index (χ0v) is 20.5. The van der Waals surface area contributed by atoms with Gasteiger partial charge in [0, 0.05) is 12.3 Å². The van der Waals surface area contributed by atoms with Crippen molar-refractivity contribution < 1.29 is 19.1 Å². The van der Waals surface area contributed by atoms with Gasteiger partial charge in [-0.15, -0.1) is 11.8 Å². The summed E-state index contributed by atoms with van der Waals surface area (Å²) in [6, 6.07) is 21.0. The van der Waals surface area contributed by atoms with Gasteiger partial charge in [-0.05, 0) is 48.7 Å². The fourth-order valence-corrected chi connectivity index (χ4v) is 4.16. The molecular formula is C27H30N2O4S. The number of carbonyl (C=O) groups is 2. The molecular weight excluding hydrogens is 448 g/mol. The van der Waals surface area contributed by atoms with Crippen LogP contribution >= 0.6 is 11.8 Å². The first-order valence-electron chi connectivity index (χ1n) is 11.0. The molecule has 3 rings (SSSR count). The van der Waals surface area contributed by atoms with Crippen molar-refractivity contribution in [2.24, 2.45) is 0 Å². The Kier molecular flexibility index (Phi) is 9.40. The Morgan fingerprint density at radius 1 is 0.882 bits per heavy atom. The highest BCUT2D eigenvalue weighted by Gasteiger charge is 2.13. The molecule has 0 saturated carbocycles. The molecule has 6 nitrogen and oxygen atoms in total. The standard InChI is InChI=1S/C27H30N2O4S/c1-19-8-10-21(11-9-19)17-34-18-26(30)29-23-7-5-4-6-22(23)27(31)28-15-14-20-12-13-24(32-2)25(16-20)33-3/h4-13,16H,14-15,17-18H2,1-3H3,(H,28,31)(H,29,30). The number of carbonyl (C=O) groups excluding carboxylic acids is 2. The fourth-order valence-electron chi connectivity index (χ4n) is 3.37. The highest BCUT2D eigenvalue weighted by atomic mass is 32.2. The number of rotatable bonds is 11. The van der Waals surface area contributed by atoms with Gasteiger partial charge < -0.3 is 20.1 Å². The number of aryl methyl sites for hydroxylation is 1. The summed E-state index contributed by atoms with van der Waals surface area (Å²) in [5.74, 6) is 2.01. The van der Waals surface area contributed by atoms with Crippen molar-refractivity contribution in [3.8, 4) is 11.5 Å². The summed E-state index contributed by atoms with van der Waals surface area (Å²) in [5.41, 5.74) is 4.35. The van der Waals surface area contributed by atoms with Crippen LogP contribution in [0.2, 0.25) is 0 Å². The van der Waals surface area contributed by atoms with Crippen LogP contribution < -0.4 is 20.1 Å². The highest BCUT2D eigenvalue weighted by molar-refractivity contribution is 7.99. The summed E-state index contributed by atoms with van der Waals surface area (Å²) < 4.78 is 10.6. The van der Waals surface area contributed by atoms with Gasteiger partial charge >= 0.3 is 0 Å². The van der Waals surface area contributed by atoms with Crippen LogP contribution in [0.4, 0.5) is 5.69 Å². The van der Waals surface area contributed by atoms with Gasteiger partial charge in [0.15, 0.2) is 11.5 Å². The van der Waals surface area contributed by atoms with Gasteiger partial charge in [-0.25, -0.2) is 0 Å². The average Bonchev–Trinajstić information content (AvgIpc) is 2.85. The number of anilines is 1. The quantitative estimate of drug-likeness (QED) is 0.412. The van der Waals surface area contributed by atoms with E-state index in [0.29, 0.717) is 41.5 Å². The van der Waals surface area contributed by atoms with Gasteiger partial charge in [0.1, 0.15) is 0 Å². The Balaban J connectivity index is 1.51. The molecule has 0 radical (unpaired) electrons. The topological polar surface area (TPSA) is 76.7 Å². The smallest absolute Gasteiger partial charge is 0.253 e. The van der Waals surface area contributed by atoms with E-state index in [1.807, 2.05) is 25.1 Å². The molecule has 0 atom stereocenters. The molecule has 34 heavy (non-hydrogen) atoms. The molecule has 0 fully saturated rings. The SMILES string of the molecule is COc1ccc(CCNC(=O)c2ccccc2NC(=O)CSCc2ccc(C)cc2)cc1OC. The maximum Gasteiger partial charge on any atom is 0.253 e. The molecule has 0 aliphatic rings. The summed E-state index contributed by atoms with van der Waals surface area (Å²) in [4.78, 5) is 25.2. The van der Waals surface area contributed by atoms with Crippen LogP contribution in [-0.4, -0.2) is 38.3 Å². The highest BCUT2D eigenvalue weighted by Crippen LogP contribution is 2.27. The van der Waals surface area contributed by atoms with Crippen molar-refractivity contribution in [1.29, 1.82) is 0 Å². The Morgan fingerprint density at radius 3 is 2.32 bits per heavy atom. The second-order valence-corrected chi connectivity index (χ2v) is 8.75. The first kappa shape index (κ1) is 25.2. The minimum Gasteiger partial charge on any atom is -0.493 e. The molecule has 0 unspecified atom stereocenters. The van der Waals surface area contributed by atoms with Crippen LogP contribution in [0.1, 0.15) is 27.0 Å². The Bertz CT molecular complexity index is 1120. The molecule has 2 amide bonds. The van der Waals surface area contributed by atoms with Crippen LogP contribution in [0.3, 0.4) is 0 Å². The summed E-state index contributed by atoms with van der Waals surface area (Å²) in [6.07, 6.45) is 0.635. The lowest BCUT2D eigenvalue weighted by Crippen LogP contribution is -2.27. The molecule has 3 aromatic rings. The van der Waals surface area contributed by atoms with Crippen molar-refractivity contribution in [3.63, 3.8) is 0 Å². The second-order valence-electron chi connectivity index (χ2n) is 7.77. The van der Waals surface area contributed by atoms with E-state index >= 15 is 0 Å². The minimum atomic E-state index is -0.233. The van der Waals surface area contributed by atoms with Crippen molar-refractivity contribution in [2.75, 3.05) is 31.8 Å². The third-order valence-corrected chi connectivity index (χ3v) is 6.22. The van der Waals surface area contributed by atoms with Crippen molar-refractivity contribution in [3.05, 3.63) is 89.0 Å². The maximum absolute atomic E-state index is 12.8. The summed E-state index contributed by atoms with van der Waals surface area (Å²) >= 11 is 1.54. The normalized spacial score (nSPS) is 10.4. The van der Waals surface area contributed by atoms with Gasteiger partial charge in [-0.3, -0.25) is 9.59 Å². The largest absolute Gasteiger partial charge is 0.493 e. The van der Waals surface area contributed by atoms with E-state index in [2.05, 4.69) is 34.9 Å². The number of nitrogens with one attached hydrogen (secondary N) is 2. The first-order valence-corrected chi connectivity index (χ1v) is 12.2. The summed E-state index contributed by atoms with van der Waals surface area (Å²) in [5, 5.41) is 5.80. The van der Waals surface area contributed by atoms with E-state index in [-0.39, 0.29) is 11.8 Å². The van der Waals surface area contributed by atoms with E-state index in [9.17, 15) is 9.59 Å². The van der Waals surface area contributed by atoms with Crippen molar-refractivity contribution in [2.45, 2.75) is 19.1 Å². The Labute approximate surface area is 205 Å². The molecule has 0 aliphatic heterocycles. The van der Waals surface area contributed by atoms with Crippen LogP contribution in [0, 0.1) is 6.92 Å². The number of hydrogen-bond acceptors (Lipinski definition) is 5. The Morgan fingerprint density at radius 2 is 1.59 bits per heavy atom. The van der Waals surface area contributed by atoms with E-state index in [4.69, 9.17) is 9.47 Å². The Hall–Kier alpha value is -3.45. The van der Waals surface area contributed by atoms with Gasteiger partial charge in [-0.2, -0.15) is 0 Å². The lowest BCUT2D eigenvalue weighted by molar-refractivity contribution is -0.113. The fraction of sp³-hybridized carbons (Fsp3) is 0.259. The average molecular weight is 479 g/mol. The zero-order valence-electron chi connectivity index (χ0n) is 19.7. The molecule has 3 aromatic carbocycles. The molecule has 0 aliphatic carbocycles. The molecule has 0 heterocycles. The monoisotopic (exact) mass is 478 g/mol. The van der Waals surface area contributed by atoms with Gasteiger partial charge in [0.25, 0.3) is 5.91 Å². The third-order valence-electron chi connectivity index (χ3n) is 5.22. The maximum atomic E-state index is 12.8. The predicted octanol–water partition coefficient (Wildman–Crippen LogP) is 4.86. The van der Waals surface area contributed by atoms with Crippen LogP contribution in [-0.2, 0) is 17.0 Å². The summed E-state index contributed by atoms with van der Waals surface area (Å²) in [6.45, 7) is 2.50. The number of thioether (sulfide) groups is 1. The van der Waals surface area contributed by atoms with E-state index < -0.39 is 0 Å². The van der Waals surface area contributed by atoms with Crippen LogP contribution in [0.5, 0.6) is 11.5 Å². The third kappa shape index (κ3) is 7.28. The number of hydrogen-bond donors (Lipinski definition) is 2. The number of benzene rings is 3. The van der Waals surface area contributed by atoms with Gasteiger partial charge in [-0.1, -0.05) is 48.0 Å². The first-order chi connectivity index (χ1) is 16.5. The van der Waals surface area contributed by atoms with Crippen LogP contribution in [0.25, 0.3) is 0 Å². The van der Waals surface area contributed by atoms with Crippen LogP contribution in [0.15, 0.2) is 66.7 Å². The van der Waals surface area contributed by atoms with Crippen molar-refractivity contribution in [1.82, 2.24) is 5.32 Å². The predicted molar refractivity (Wildman–Crippen MR) is 138 cm³/mol. The second kappa shape index (κ2) is 12.7. The molecule has 0 spiro atoms. The number of amides is 2. The summed E-state index contributed by atoms with van der Waals surface area (Å²) in [7, 11) is 3.19. The van der Waals surface area contributed by atoms with Gasteiger partial charge in [0.05, 0.1) is 31.2 Å². The lowest BCUT2D eigenvalue weighted by Gasteiger charge is -2.12. The van der Waals surface area contributed by atoms with Gasteiger partial charge in [0.2, 0.25) is 5.91 Å². The van der Waals surface area contributed by atoms with E-state index in [1.165, 1.54) is 22.9 Å². The number of para-hydroxylation sites is 1. The molecule has 0 aromatic heterocycles. The molecule has 0 saturated heterocycles. The molecule has 178 valence electrons. The number of ether oxygens (including phenoxy) is 2. The van der Waals surface area contributed by atoms with Crippen molar-refractivity contribution >= 4 is 29.3 Å². The lowest BCUT2D eigenvalue weighted by atomic mass is 10.1. The van der Waals surface area contributed by atoms with E-state index in [0.717, 1.165) is 11.3 Å². The molecule has 0 bridgehead atoms. The molecule has 2 N–H and O–H groups in total. The zero-order chi connectivity index (χ0) is 24.3. The number of methoxy groups -OCH3 is 2. The van der Waals surface area contributed by atoms with E-state index in [1.54, 1.807) is 38.5 Å².